The Balaban J connectivity index is 0.785. The zero-order valence-corrected chi connectivity index (χ0v) is 38.1. The zero-order chi connectivity index (χ0) is 46.1. The molecule has 3 aliphatic heterocycles. The first kappa shape index (κ1) is 45.0. The maximum absolute atomic E-state index is 13.7. The predicted octanol–water partition coefficient (Wildman–Crippen LogP) is 6.73. The molecule has 5 aromatic rings. The minimum absolute atomic E-state index is 0.00871. The fraction of sp³-hybridized carbons (Fsp3) is 0.333. The summed E-state index contributed by atoms with van der Waals surface area (Å²) in [6.07, 6.45) is 4.89. The van der Waals surface area contributed by atoms with E-state index in [0.717, 1.165) is 76.1 Å². The summed E-state index contributed by atoms with van der Waals surface area (Å²) in [6.45, 7) is 2.29. The molecule has 4 aliphatic rings. The lowest BCUT2D eigenvalue weighted by Crippen LogP contribution is -2.65. The average Bonchev–Trinajstić information content (AvgIpc) is 3.76. The van der Waals surface area contributed by atoms with E-state index in [4.69, 9.17) is 16.3 Å². The van der Waals surface area contributed by atoms with Gasteiger partial charge in [-0.25, -0.2) is 13.3 Å². The molecule has 4 amide bonds. The van der Waals surface area contributed by atoms with Crippen LogP contribution in [0.3, 0.4) is 0 Å². The van der Waals surface area contributed by atoms with Crippen LogP contribution < -0.4 is 30.9 Å². The van der Waals surface area contributed by atoms with E-state index in [-0.39, 0.29) is 64.3 Å². The van der Waals surface area contributed by atoms with Gasteiger partial charge < -0.3 is 25.8 Å². The Morgan fingerprint density at radius 1 is 1.00 bits per heavy atom. The van der Waals surface area contributed by atoms with Crippen LogP contribution in [0.15, 0.2) is 78.9 Å². The average molecular weight is 952 g/mol. The van der Waals surface area contributed by atoms with Crippen molar-refractivity contribution >= 4 is 98.1 Å². The molecule has 1 spiro atoms. The number of rotatable bonds is 20. The van der Waals surface area contributed by atoms with Crippen LogP contribution >= 0.6 is 22.9 Å². The van der Waals surface area contributed by atoms with Crippen LogP contribution in [0.25, 0.3) is 21.2 Å². The van der Waals surface area contributed by atoms with E-state index in [0.29, 0.717) is 60.5 Å². The van der Waals surface area contributed by atoms with E-state index >= 15 is 0 Å². The van der Waals surface area contributed by atoms with Crippen molar-refractivity contribution in [1.29, 1.82) is 0 Å². The number of benzene rings is 4. The van der Waals surface area contributed by atoms with Crippen LogP contribution in [0.1, 0.15) is 75.6 Å². The van der Waals surface area contributed by atoms with Gasteiger partial charge in [-0.15, -0.1) is 11.3 Å². The van der Waals surface area contributed by atoms with Gasteiger partial charge in [0.25, 0.3) is 5.91 Å². The number of ether oxygens (including phenoxy) is 1. The first-order valence-corrected chi connectivity index (χ1v) is 24.3. The highest BCUT2D eigenvalue weighted by molar-refractivity contribution is 7.81. The van der Waals surface area contributed by atoms with Crippen molar-refractivity contribution in [3.63, 3.8) is 0 Å². The molecule has 0 bridgehead atoms. The molecule has 3 unspecified atom stereocenters. The molecule has 342 valence electrons. The summed E-state index contributed by atoms with van der Waals surface area (Å²) in [7, 11) is -1.20. The van der Waals surface area contributed by atoms with Gasteiger partial charge in [-0.1, -0.05) is 54.1 Å². The molecule has 1 saturated carbocycles. The second-order valence-corrected chi connectivity index (χ2v) is 20.1. The number of aromatic carboxylic acids is 1. The van der Waals surface area contributed by atoms with Gasteiger partial charge in [0.15, 0.2) is 16.9 Å². The van der Waals surface area contributed by atoms with Crippen molar-refractivity contribution < 1.29 is 42.8 Å². The third-order valence-electron chi connectivity index (χ3n) is 12.9. The lowest BCUT2D eigenvalue weighted by atomic mass is 9.61. The molecule has 18 heteroatoms. The summed E-state index contributed by atoms with van der Waals surface area (Å²) in [5.74, 6) is -1.85. The number of nitrogens with one attached hydrogen (secondary N) is 4. The van der Waals surface area contributed by atoms with Crippen LogP contribution in [-0.4, -0.2) is 94.9 Å². The highest BCUT2D eigenvalue weighted by Gasteiger charge is 2.53. The summed E-state index contributed by atoms with van der Waals surface area (Å²) in [4.78, 5) is 74.4. The SMILES string of the molecule is O=CCOc1c(C(=O)O)sc(-c2cccc(NC3CC4(C3)CN(S(=O)Cc3cccc(NCCC(CCNC=O)c5ccc6c7c(cccc57)C(=O)N6C5CCC(=O)NC5=O)c3)C4)c2)c1Cl. The first-order valence-electron chi connectivity index (χ1n) is 21.8. The fourth-order valence-electron chi connectivity index (χ4n) is 9.94. The normalized spacial score (nSPS) is 18.6. The Hall–Kier alpha value is -6.14. The number of amides is 4. The largest absolute Gasteiger partial charge is 0.483 e. The number of halogens is 1. The maximum atomic E-state index is 13.7. The monoisotopic (exact) mass is 950 g/mol. The van der Waals surface area contributed by atoms with Crippen molar-refractivity contribution in [1.82, 2.24) is 14.9 Å². The standard InChI is InChI=1S/C48H47ClN6O9S2/c49-41-42(64-19-18-56)44(47(61)62)65-43(41)30-5-2-7-32(21-30)52-33-22-48(23-33)25-54(26-48)66(63)24-28-4-1-6-31(20-28)51-17-15-29(14-16-50-27-57)34-10-11-37-40-35(34)8-3-9-36(40)46(60)55(37)38-12-13-39(58)53-45(38)59/h1-11,18,20-21,27,29,33,38,51-52H,12-17,19,22-26H2,(H,50,57)(H,61,62)(H,53,58,59). The minimum atomic E-state index is -1.20. The van der Waals surface area contributed by atoms with Gasteiger partial charge in [-0.05, 0) is 96.5 Å². The number of carboxylic acid groups (broad SMARTS) is 1. The number of carbonyl (C=O) groups excluding carboxylic acids is 5. The first-order chi connectivity index (χ1) is 32.0. The zero-order valence-electron chi connectivity index (χ0n) is 35.7. The Labute approximate surface area is 391 Å². The summed E-state index contributed by atoms with van der Waals surface area (Å²) < 4.78 is 21.0. The van der Waals surface area contributed by atoms with Crippen molar-refractivity contribution in [2.24, 2.45) is 5.41 Å². The minimum Gasteiger partial charge on any atom is -0.483 e. The van der Waals surface area contributed by atoms with Crippen LogP contribution in [0.4, 0.5) is 17.1 Å². The number of carbonyl (C=O) groups is 6. The van der Waals surface area contributed by atoms with E-state index in [1.54, 1.807) is 6.07 Å². The number of hydrogen-bond acceptors (Lipinski definition) is 11. The predicted molar refractivity (Wildman–Crippen MR) is 254 cm³/mol. The summed E-state index contributed by atoms with van der Waals surface area (Å²) >= 11 is 7.54. The molecule has 9 rings (SSSR count). The molecule has 4 heterocycles. The molecule has 5 N–H and O–H groups in total. The highest BCUT2D eigenvalue weighted by atomic mass is 35.5. The Kier molecular flexibility index (Phi) is 13.0. The number of anilines is 3. The number of nitrogens with zero attached hydrogens (tertiary/aromatic N) is 2. The molecule has 66 heavy (non-hydrogen) atoms. The molecule has 3 atom stereocenters. The molecule has 4 aromatic carbocycles. The summed E-state index contributed by atoms with van der Waals surface area (Å²) in [5, 5.41) is 23.8. The number of imide groups is 1. The van der Waals surface area contributed by atoms with Crippen molar-refractivity contribution in [3.8, 4) is 16.2 Å². The lowest BCUT2D eigenvalue weighted by molar-refractivity contribution is -0.134. The molecule has 1 aliphatic carbocycles. The number of carboxylic acids is 1. The van der Waals surface area contributed by atoms with E-state index in [9.17, 15) is 38.1 Å². The molecular formula is C48H47ClN6O9S2. The molecule has 0 radical (unpaired) electrons. The van der Waals surface area contributed by atoms with Crippen molar-refractivity contribution in [2.75, 3.05) is 48.3 Å². The van der Waals surface area contributed by atoms with Gasteiger partial charge in [0.05, 0.1) is 27.3 Å². The molecule has 15 nitrogen and oxygen atoms in total. The summed E-state index contributed by atoms with van der Waals surface area (Å²) in [5.41, 5.74) is 5.81. The third-order valence-corrected chi connectivity index (χ3v) is 16.0. The fourth-order valence-corrected chi connectivity index (χ4v) is 12.8. The van der Waals surface area contributed by atoms with E-state index in [2.05, 4.69) is 21.3 Å². The van der Waals surface area contributed by atoms with Gasteiger partial charge in [0.2, 0.25) is 18.2 Å². The summed E-state index contributed by atoms with van der Waals surface area (Å²) in [6, 6.07) is 24.6. The van der Waals surface area contributed by atoms with Crippen LogP contribution in [-0.2, 0) is 35.9 Å². The Bertz CT molecular complexity index is 2790. The van der Waals surface area contributed by atoms with E-state index in [1.807, 2.05) is 77.1 Å². The Morgan fingerprint density at radius 2 is 1.77 bits per heavy atom. The number of aldehydes is 1. The van der Waals surface area contributed by atoms with Gasteiger partial charge >= 0.3 is 5.97 Å². The van der Waals surface area contributed by atoms with Crippen molar-refractivity contribution in [2.45, 2.75) is 62.3 Å². The molecular weight excluding hydrogens is 904 g/mol. The highest BCUT2D eigenvalue weighted by Crippen LogP contribution is 2.51. The smallest absolute Gasteiger partial charge is 0.349 e. The second kappa shape index (κ2) is 19.0. The second-order valence-electron chi connectivity index (χ2n) is 17.3. The van der Waals surface area contributed by atoms with Gasteiger partial charge in [0.1, 0.15) is 17.7 Å². The Morgan fingerprint density at radius 3 is 2.55 bits per heavy atom. The van der Waals surface area contributed by atoms with Crippen LogP contribution in [0, 0.1) is 5.41 Å². The third kappa shape index (κ3) is 8.91. The quantitative estimate of drug-likeness (QED) is 0.0315. The molecule has 1 aromatic heterocycles. The lowest BCUT2D eigenvalue weighted by Gasteiger charge is -2.58. The van der Waals surface area contributed by atoms with Gasteiger partial charge in [-0.3, -0.25) is 34.2 Å². The van der Waals surface area contributed by atoms with E-state index < -0.39 is 28.9 Å². The molecule has 3 fully saturated rings. The number of piperidine rings is 1. The van der Waals surface area contributed by atoms with Gasteiger partial charge in [-0.2, -0.15) is 0 Å². The van der Waals surface area contributed by atoms with Crippen molar-refractivity contribution in [3.05, 3.63) is 105 Å². The topological polar surface area (TPSA) is 204 Å². The van der Waals surface area contributed by atoms with Crippen LogP contribution in [0.5, 0.6) is 5.75 Å². The maximum Gasteiger partial charge on any atom is 0.349 e. The molecule has 2 saturated heterocycles. The number of hydrogen-bond donors (Lipinski definition) is 5. The van der Waals surface area contributed by atoms with Gasteiger partial charge in [0, 0.05) is 66.4 Å². The number of thiophene rings is 1. The van der Waals surface area contributed by atoms with E-state index in [1.165, 1.54) is 4.90 Å². The van der Waals surface area contributed by atoms with Crippen LogP contribution in [0.2, 0.25) is 5.02 Å².